The molecule has 34 heavy (non-hydrogen) atoms. The van der Waals surface area contributed by atoms with Crippen molar-refractivity contribution >= 4 is 23.0 Å². The molecule has 3 heterocycles. The molecule has 1 fully saturated rings. The summed E-state index contributed by atoms with van der Waals surface area (Å²) in [4.78, 5) is 20.3. The topological polar surface area (TPSA) is 89.1 Å². The minimum absolute atomic E-state index is 0.0647. The second-order valence-electron chi connectivity index (χ2n) is 8.27. The van der Waals surface area contributed by atoms with Crippen molar-refractivity contribution in [1.29, 1.82) is 0 Å². The van der Waals surface area contributed by atoms with E-state index < -0.39 is 28.9 Å². The number of nitrogens with zero attached hydrogens (tertiary/aromatic N) is 5. The van der Waals surface area contributed by atoms with Crippen LogP contribution < -0.4 is 5.32 Å². The normalized spacial score (nSPS) is 18.4. The molecule has 2 atom stereocenters. The largest absolute Gasteiger partial charge is 0.424 e. The Balaban J connectivity index is 1.44. The Bertz CT molecular complexity index is 1340. The van der Waals surface area contributed by atoms with E-state index in [0.29, 0.717) is 17.6 Å². The highest BCUT2D eigenvalue weighted by Gasteiger charge is 2.36. The number of aromatic nitrogens is 4. The molecule has 0 aliphatic carbocycles. The number of hydrogen-bond donors (Lipinski definition) is 1. The Morgan fingerprint density at radius 2 is 1.91 bits per heavy atom. The van der Waals surface area contributed by atoms with Gasteiger partial charge in [0.25, 0.3) is 11.9 Å². The number of rotatable bonds is 5. The average molecular weight is 470 g/mol. The van der Waals surface area contributed by atoms with Crippen molar-refractivity contribution in [2.45, 2.75) is 25.8 Å². The first kappa shape index (κ1) is 21.9. The third-order valence-corrected chi connectivity index (χ3v) is 6.10. The molecule has 0 bridgehead atoms. The van der Waals surface area contributed by atoms with Crippen molar-refractivity contribution < 1.29 is 22.4 Å². The van der Waals surface area contributed by atoms with Gasteiger partial charge in [-0.2, -0.15) is 15.2 Å². The van der Waals surface area contributed by atoms with Gasteiger partial charge in [-0.25, -0.2) is 13.2 Å². The highest BCUT2D eigenvalue weighted by Crippen LogP contribution is 2.29. The Morgan fingerprint density at radius 1 is 1.15 bits per heavy atom. The number of halogens is 3. The van der Waals surface area contributed by atoms with Gasteiger partial charge in [-0.3, -0.25) is 4.79 Å². The van der Waals surface area contributed by atoms with Gasteiger partial charge in [-0.05, 0) is 43.0 Å². The van der Waals surface area contributed by atoms with Crippen molar-refractivity contribution in [3.05, 3.63) is 65.7 Å². The molecule has 8 nitrogen and oxygen atoms in total. The maximum atomic E-state index is 14.9. The predicted molar refractivity (Wildman–Crippen MR) is 117 cm³/mol. The van der Waals surface area contributed by atoms with E-state index in [9.17, 15) is 18.0 Å². The summed E-state index contributed by atoms with van der Waals surface area (Å²) in [7, 11) is 0. The number of fused-ring (bicyclic) bond motifs is 1. The maximum Gasteiger partial charge on any atom is 0.295 e. The number of anilines is 1. The third-order valence-electron chi connectivity index (χ3n) is 6.10. The molecular formula is C23H21F3N6O2. The average Bonchev–Trinajstić information content (AvgIpc) is 3.48. The van der Waals surface area contributed by atoms with Crippen LogP contribution in [-0.2, 0) is 0 Å². The lowest BCUT2D eigenvalue weighted by Crippen LogP contribution is -2.51. The van der Waals surface area contributed by atoms with E-state index in [1.54, 1.807) is 0 Å². The third kappa shape index (κ3) is 3.97. The van der Waals surface area contributed by atoms with Gasteiger partial charge in [-0.15, -0.1) is 4.80 Å². The van der Waals surface area contributed by atoms with E-state index in [2.05, 4.69) is 20.5 Å². The molecule has 1 N–H and O–H groups in total. The molecule has 1 aliphatic heterocycles. The van der Waals surface area contributed by atoms with E-state index in [-0.39, 0.29) is 30.2 Å². The minimum Gasteiger partial charge on any atom is -0.424 e. The number of nitrogens with one attached hydrogen (secondary N) is 1. The van der Waals surface area contributed by atoms with Crippen molar-refractivity contribution in [2.75, 3.05) is 18.4 Å². The zero-order valence-corrected chi connectivity index (χ0v) is 18.2. The van der Waals surface area contributed by atoms with E-state index in [0.717, 1.165) is 29.8 Å². The monoisotopic (exact) mass is 470 g/mol. The van der Waals surface area contributed by atoms with E-state index in [1.165, 1.54) is 35.5 Å². The second-order valence-corrected chi connectivity index (χ2v) is 8.27. The van der Waals surface area contributed by atoms with Gasteiger partial charge in [0, 0.05) is 19.2 Å². The molecule has 0 unspecified atom stereocenters. The van der Waals surface area contributed by atoms with Crippen LogP contribution in [0.3, 0.4) is 0 Å². The van der Waals surface area contributed by atoms with Crippen LogP contribution in [0.5, 0.6) is 0 Å². The number of hydrogen-bond acceptors (Lipinski definition) is 6. The number of benzene rings is 2. The van der Waals surface area contributed by atoms with E-state index in [1.807, 2.05) is 6.92 Å². The lowest BCUT2D eigenvalue weighted by Gasteiger charge is -2.40. The molecule has 2 aromatic heterocycles. The van der Waals surface area contributed by atoms with Crippen LogP contribution in [0.25, 0.3) is 16.8 Å². The van der Waals surface area contributed by atoms with Crippen LogP contribution in [0.2, 0.25) is 0 Å². The molecule has 0 saturated carbocycles. The quantitative estimate of drug-likeness (QED) is 0.471. The fourth-order valence-electron chi connectivity index (χ4n) is 4.40. The summed E-state index contributed by atoms with van der Waals surface area (Å²) in [6.45, 7) is 2.62. The summed E-state index contributed by atoms with van der Waals surface area (Å²) in [6, 6.07) is 5.73. The molecule has 0 spiro atoms. The number of piperidine rings is 1. The summed E-state index contributed by atoms with van der Waals surface area (Å²) in [6.07, 6.45) is 4.22. The van der Waals surface area contributed by atoms with Gasteiger partial charge >= 0.3 is 0 Å². The van der Waals surface area contributed by atoms with Crippen molar-refractivity contribution in [3.8, 4) is 5.69 Å². The van der Waals surface area contributed by atoms with Crippen LogP contribution in [0.4, 0.5) is 19.2 Å². The molecule has 11 heteroatoms. The Kier molecular flexibility index (Phi) is 5.68. The predicted octanol–water partition coefficient (Wildman–Crippen LogP) is 4.18. The van der Waals surface area contributed by atoms with Gasteiger partial charge < -0.3 is 14.6 Å². The van der Waals surface area contributed by atoms with E-state index in [4.69, 9.17) is 4.42 Å². The number of likely N-dealkylation sites (tertiary alicyclic amines) is 1. The van der Waals surface area contributed by atoms with Gasteiger partial charge in [0.1, 0.15) is 28.4 Å². The number of oxazole rings is 1. The molecular weight excluding hydrogens is 449 g/mol. The molecule has 1 saturated heterocycles. The maximum absolute atomic E-state index is 14.9. The highest BCUT2D eigenvalue weighted by molar-refractivity contribution is 5.98. The number of carbonyl (C=O) groups is 1. The fraction of sp³-hybridized carbons (Fsp3) is 0.304. The molecule has 2 aromatic carbocycles. The summed E-state index contributed by atoms with van der Waals surface area (Å²) in [5, 5.41) is 10.8. The molecule has 0 radical (unpaired) electrons. The standard InChI is InChI=1S/C23H21F3N6O2/c1-13-3-2-10-31(18(13)12-27-23-30-17-11-14(24)4-7-19(17)34-23)22(33)20-15(25)5-6-16(26)21(20)32-28-8-9-29-32/h4-9,11,13,18H,2-3,10,12H2,1H3,(H,27,30)/t13-,18-/m1/s1. The first-order valence-electron chi connectivity index (χ1n) is 10.9. The zero-order chi connectivity index (χ0) is 23.8. The lowest BCUT2D eigenvalue weighted by molar-refractivity contribution is 0.0533. The highest BCUT2D eigenvalue weighted by atomic mass is 19.1. The Labute approximate surface area is 192 Å². The second kappa shape index (κ2) is 8.81. The SMILES string of the molecule is C[C@@H]1CCCN(C(=O)c2c(F)ccc(F)c2-n2nccn2)[C@@H]1CNc1nc2cc(F)ccc2o1. The van der Waals surface area contributed by atoms with Crippen LogP contribution in [0, 0.1) is 23.4 Å². The zero-order valence-electron chi connectivity index (χ0n) is 18.2. The summed E-state index contributed by atoms with van der Waals surface area (Å²) >= 11 is 0. The fourth-order valence-corrected chi connectivity index (χ4v) is 4.40. The van der Waals surface area contributed by atoms with Crippen LogP contribution in [-0.4, -0.2) is 49.9 Å². The Morgan fingerprint density at radius 3 is 2.71 bits per heavy atom. The van der Waals surface area contributed by atoms with Crippen LogP contribution >= 0.6 is 0 Å². The number of carbonyl (C=O) groups excluding carboxylic acids is 1. The smallest absolute Gasteiger partial charge is 0.295 e. The van der Waals surface area contributed by atoms with Gasteiger partial charge in [-0.1, -0.05) is 6.92 Å². The van der Waals surface area contributed by atoms with Gasteiger partial charge in [0.15, 0.2) is 11.4 Å². The van der Waals surface area contributed by atoms with Crippen molar-refractivity contribution in [2.24, 2.45) is 5.92 Å². The first-order valence-corrected chi connectivity index (χ1v) is 10.9. The van der Waals surface area contributed by atoms with E-state index >= 15 is 0 Å². The van der Waals surface area contributed by atoms with Gasteiger partial charge in [0.05, 0.1) is 18.4 Å². The number of amides is 1. The first-order chi connectivity index (χ1) is 16.4. The molecule has 5 rings (SSSR count). The van der Waals surface area contributed by atoms with Crippen LogP contribution in [0.1, 0.15) is 30.1 Å². The molecule has 4 aromatic rings. The molecule has 1 aliphatic rings. The molecule has 1 amide bonds. The molecule has 176 valence electrons. The van der Waals surface area contributed by atoms with Gasteiger partial charge in [0.2, 0.25) is 0 Å². The summed E-state index contributed by atoms with van der Waals surface area (Å²) < 4.78 is 48.7. The summed E-state index contributed by atoms with van der Waals surface area (Å²) in [5.41, 5.74) is 0.0330. The summed E-state index contributed by atoms with van der Waals surface area (Å²) in [5.74, 6) is -2.68. The lowest BCUT2D eigenvalue weighted by atomic mass is 9.90. The van der Waals surface area contributed by atoms with Crippen molar-refractivity contribution in [3.63, 3.8) is 0 Å². The minimum atomic E-state index is -0.857. The van der Waals surface area contributed by atoms with Crippen LogP contribution in [0.15, 0.2) is 47.1 Å². The Hall–Kier alpha value is -3.89. The van der Waals surface area contributed by atoms with Crippen molar-refractivity contribution in [1.82, 2.24) is 24.9 Å².